The van der Waals surface area contributed by atoms with Crippen molar-refractivity contribution in [2.45, 2.75) is 267 Å². The molecule has 0 aromatic heterocycles. The van der Waals surface area contributed by atoms with E-state index in [9.17, 15) is 5.11 Å². The van der Waals surface area contributed by atoms with Crippen LogP contribution in [0.2, 0.25) is 36.3 Å². The molecule has 0 aliphatic carbocycles. The summed E-state index contributed by atoms with van der Waals surface area (Å²) in [5.74, 6) is 2.35. The molecule has 16 heteroatoms. The molecule has 4 fully saturated rings. The van der Waals surface area contributed by atoms with Gasteiger partial charge in [0.25, 0.3) is 0 Å². The quantitative estimate of drug-likeness (QED) is 0.0132. The standard InChI is InChI=1S/C47H67BrO6Si.C47H68O7Si/c2*1-11-38(54-55(9,10)46(4,5)6)30-44-45(50-8)41(32-48)43(53-44)31-42-34(3)33(2)29-40(52-42)23-18-28-51-47(35-19-14-12-15-20-35,36-21-16-13-17-22-36)37-24-26-39(49-7)27-25-37/h12-17,19-22,24-27,33,38,40-45H,3,11,18,23,28-32H2,1-2,4-10H3;12-17,19-22,24-27,33,38,40-45,48H,3,11,18,23,28-32H2,1-2,4-10H3/t2*33-,38-,40+,41+,42?,43+,44-,45-/m11/s1. The zero-order valence-electron chi connectivity index (χ0n) is 69.9. The minimum absolute atomic E-state index is 0.00223. The van der Waals surface area contributed by atoms with Crippen LogP contribution in [-0.4, -0.2) is 149 Å². The molecule has 0 spiro atoms. The zero-order chi connectivity index (χ0) is 79.6. The molecule has 2 unspecified atom stereocenters. The van der Waals surface area contributed by atoms with Crippen LogP contribution in [0.15, 0.2) is 194 Å². The third-order valence-corrected chi connectivity index (χ3v) is 35.0. The summed E-state index contributed by atoms with van der Waals surface area (Å²) in [6.45, 7) is 42.1. The average Bonchev–Trinajstić information content (AvgIpc) is 1.09. The van der Waals surface area contributed by atoms with Crippen LogP contribution in [0.5, 0.6) is 11.5 Å². The smallest absolute Gasteiger partial charge is 0.192 e. The third-order valence-electron chi connectivity index (χ3n) is 25.2. The van der Waals surface area contributed by atoms with Crippen LogP contribution in [0.3, 0.4) is 0 Å². The second-order valence-corrected chi connectivity index (χ2v) is 44.6. The van der Waals surface area contributed by atoms with Crippen molar-refractivity contribution >= 4 is 32.6 Å². The molecule has 13 nitrogen and oxygen atoms in total. The Morgan fingerprint density at radius 1 is 0.464 bits per heavy atom. The molecule has 0 radical (unpaired) electrons. The summed E-state index contributed by atoms with van der Waals surface area (Å²) in [6, 6.07) is 58.5. The second-order valence-electron chi connectivity index (χ2n) is 34.4. The molecule has 16 atom stereocenters. The molecule has 6 aromatic rings. The number of rotatable bonds is 36. The van der Waals surface area contributed by atoms with Crippen LogP contribution in [0, 0.1) is 23.7 Å². The Morgan fingerprint density at radius 2 is 0.782 bits per heavy atom. The van der Waals surface area contributed by atoms with Crippen molar-refractivity contribution in [2.24, 2.45) is 23.7 Å². The second kappa shape index (κ2) is 40.4. The predicted octanol–water partition coefficient (Wildman–Crippen LogP) is 21.6. The van der Waals surface area contributed by atoms with Gasteiger partial charge in [-0.2, -0.15) is 0 Å². The van der Waals surface area contributed by atoms with E-state index in [4.69, 9.17) is 56.2 Å². The van der Waals surface area contributed by atoms with E-state index < -0.39 is 27.8 Å². The van der Waals surface area contributed by atoms with E-state index in [0.717, 1.165) is 126 Å². The van der Waals surface area contributed by atoms with Crippen molar-refractivity contribution in [3.05, 3.63) is 228 Å². The van der Waals surface area contributed by atoms with Crippen LogP contribution in [0.25, 0.3) is 0 Å². The number of hydrogen-bond donors (Lipinski definition) is 1. The number of ether oxygens (including phenoxy) is 10. The van der Waals surface area contributed by atoms with E-state index in [1.165, 1.54) is 5.57 Å². The molecule has 0 saturated carbocycles. The van der Waals surface area contributed by atoms with Crippen molar-refractivity contribution in [1.29, 1.82) is 0 Å². The Kier molecular flexibility index (Phi) is 32.7. The highest BCUT2D eigenvalue weighted by atomic mass is 79.9. The first kappa shape index (κ1) is 88.8. The Bertz CT molecular complexity index is 3380. The molecule has 0 amide bonds. The van der Waals surface area contributed by atoms with E-state index in [2.05, 4.69) is 258 Å². The molecule has 4 heterocycles. The molecule has 4 aliphatic rings. The van der Waals surface area contributed by atoms with Gasteiger partial charge < -0.3 is 61.3 Å². The van der Waals surface area contributed by atoms with Gasteiger partial charge in [0.2, 0.25) is 0 Å². The zero-order valence-corrected chi connectivity index (χ0v) is 73.4. The van der Waals surface area contributed by atoms with Crippen LogP contribution >= 0.6 is 15.9 Å². The average molecular weight is 1610 g/mol. The number of hydrogen-bond acceptors (Lipinski definition) is 13. The number of alkyl halides is 1. The Balaban J connectivity index is 0.000000253. The van der Waals surface area contributed by atoms with Gasteiger partial charge in [-0.15, -0.1) is 0 Å². The highest BCUT2D eigenvalue weighted by molar-refractivity contribution is 9.09. The maximum Gasteiger partial charge on any atom is 0.192 e. The summed E-state index contributed by atoms with van der Waals surface area (Å²) in [7, 11) is 3.05. The maximum absolute atomic E-state index is 10.7. The van der Waals surface area contributed by atoms with Gasteiger partial charge in [-0.25, -0.2) is 0 Å². The molecule has 110 heavy (non-hydrogen) atoms. The number of benzene rings is 6. The van der Waals surface area contributed by atoms with Gasteiger partial charge in [-0.3, -0.25) is 0 Å². The largest absolute Gasteiger partial charge is 0.497 e. The van der Waals surface area contributed by atoms with Crippen LogP contribution in [0.1, 0.15) is 180 Å². The van der Waals surface area contributed by atoms with Gasteiger partial charge in [0.05, 0.1) is 81.9 Å². The lowest BCUT2D eigenvalue weighted by Crippen LogP contribution is -2.45. The summed E-state index contributed by atoms with van der Waals surface area (Å²) >= 11 is 3.84. The van der Waals surface area contributed by atoms with Crippen LogP contribution in [0.4, 0.5) is 0 Å². The number of methoxy groups -OCH3 is 4. The molecular weight excluding hydrogens is 1470 g/mol. The topological polar surface area (TPSA) is 131 Å². The summed E-state index contributed by atoms with van der Waals surface area (Å²) in [4.78, 5) is 0. The van der Waals surface area contributed by atoms with E-state index in [1.807, 2.05) is 43.5 Å². The molecule has 1 N–H and O–H groups in total. The number of aliphatic hydroxyl groups excluding tert-OH is 1. The van der Waals surface area contributed by atoms with Gasteiger partial charge in [-0.05, 0) is 168 Å². The molecular formula is C94H135BrO13Si2. The minimum Gasteiger partial charge on any atom is -0.497 e. The maximum atomic E-state index is 10.7. The molecule has 4 saturated heterocycles. The Labute approximate surface area is 673 Å². The molecule has 604 valence electrons. The van der Waals surface area contributed by atoms with Gasteiger partial charge in [0, 0.05) is 82.5 Å². The lowest BCUT2D eigenvalue weighted by Gasteiger charge is -2.40. The first-order valence-electron chi connectivity index (χ1n) is 40.9. The lowest BCUT2D eigenvalue weighted by molar-refractivity contribution is -0.0785. The van der Waals surface area contributed by atoms with E-state index in [0.29, 0.717) is 31.5 Å². The SMILES string of the molecule is C=C1C(C[C@@H]2O[C@H](C[C@@H](CC)O[Si](C)(C)C(C)(C)C)[C@H](OC)[C@H]2CBr)O[C@@H](CCCOC(c2ccccc2)(c2ccccc2)c2ccc(OC)cc2)C[C@H]1C.C=C1C(C[C@@H]2O[C@H](C[C@@H](CC)O[Si](C)(C)C(C)(C)C)[C@H](OC)[C@H]2CO)O[C@@H](CCCOC(c2ccccc2)(c2ccccc2)c2ccc(OC)cc2)C[C@H]1C. The van der Waals surface area contributed by atoms with E-state index >= 15 is 0 Å². The Hall–Kier alpha value is -5.13. The lowest BCUT2D eigenvalue weighted by atomic mass is 9.80. The van der Waals surface area contributed by atoms with Gasteiger partial charge in [-0.1, -0.05) is 244 Å². The normalized spacial score (nSPS) is 25.6. The molecule has 0 bridgehead atoms. The fourth-order valence-electron chi connectivity index (χ4n) is 16.6. The summed E-state index contributed by atoms with van der Waals surface area (Å²) < 4.78 is 78.7. The molecule has 6 aromatic carbocycles. The van der Waals surface area contributed by atoms with Crippen LogP contribution < -0.4 is 9.47 Å². The summed E-state index contributed by atoms with van der Waals surface area (Å²) in [5, 5.41) is 11.7. The fraction of sp³-hybridized carbons (Fsp3) is 0.574. The van der Waals surface area contributed by atoms with E-state index in [-0.39, 0.29) is 102 Å². The monoisotopic (exact) mass is 1610 g/mol. The highest BCUT2D eigenvalue weighted by Gasteiger charge is 2.51. The van der Waals surface area contributed by atoms with Gasteiger partial charge in [0.15, 0.2) is 16.6 Å². The van der Waals surface area contributed by atoms with Crippen LogP contribution in [-0.2, 0) is 57.9 Å². The molecule has 4 aliphatic heterocycles. The summed E-state index contributed by atoms with van der Waals surface area (Å²) in [6.07, 6.45) is 9.66. The number of aliphatic hydroxyl groups is 1. The third kappa shape index (κ3) is 21.5. The molecule has 10 rings (SSSR count). The van der Waals surface area contributed by atoms with Gasteiger partial charge in [0.1, 0.15) is 22.7 Å². The van der Waals surface area contributed by atoms with Gasteiger partial charge >= 0.3 is 0 Å². The minimum atomic E-state index is -1.97. The predicted molar refractivity (Wildman–Crippen MR) is 455 cm³/mol. The first-order chi connectivity index (χ1) is 52.5. The number of halogens is 1. The fourth-order valence-corrected chi connectivity index (χ4v) is 20.3. The van der Waals surface area contributed by atoms with Crippen molar-refractivity contribution in [3.8, 4) is 11.5 Å². The van der Waals surface area contributed by atoms with Crippen molar-refractivity contribution in [2.75, 3.05) is 53.6 Å². The Morgan fingerprint density at radius 3 is 1.07 bits per heavy atom. The highest BCUT2D eigenvalue weighted by Crippen LogP contribution is 2.48. The van der Waals surface area contributed by atoms with Crippen molar-refractivity contribution in [1.82, 2.24) is 0 Å². The van der Waals surface area contributed by atoms with Crippen molar-refractivity contribution < 1.29 is 61.3 Å². The summed E-state index contributed by atoms with van der Waals surface area (Å²) in [5.41, 5.74) is 7.13. The van der Waals surface area contributed by atoms with Crippen molar-refractivity contribution in [3.63, 3.8) is 0 Å². The van der Waals surface area contributed by atoms with E-state index in [1.54, 1.807) is 21.3 Å². The first-order valence-corrected chi connectivity index (χ1v) is 47.8.